The molecule has 1 amide bonds. The zero-order valence-electron chi connectivity index (χ0n) is 13.2. The van der Waals surface area contributed by atoms with E-state index in [2.05, 4.69) is 32.6 Å². The number of piperidine rings is 1. The van der Waals surface area contributed by atoms with Crippen molar-refractivity contribution in [2.24, 2.45) is 5.92 Å². The van der Waals surface area contributed by atoms with Crippen LogP contribution in [0.15, 0.2) is 0 Å². The molecule has 1 N–H and O–H groups in total. The van der Waals surface area contributed by atoms with E-state index in [0.29, 0.717) is 12.5 Å². The van der Waals surface area contributed by atoms with Gasteiger partial charge in [0.1, 0.15) is 6.73 Å². The number of nitrogens with zero attached hydrogens (tertiary/aromatic N) is 2. The highest BCUT2D eigenvalue weighted by Gasteiger charge is 2.45. The van der Waals surface area contributed by atoms with E-state index < -0.39 is 6.09 Å². The Morgan fingerprint density at radius 3 is 2.60 bits per heavy atom. The fourth-order valence-electron chi connectivity index (χ4n) is 3.29. The highest BCUT2D eigenvalue weighted by atomic mass is 16.5. The maximum Gasteiger partial charge on any atom is 0.409 e. The molecule has 5 heteroatoms. The van der Waals surface area contributed by atoms with E-state index in [4.69, 9.17) is 9.84 Å². The summed E-state index contributed by atoms with van der Waals surface area (Å²) < 4.78 is 6.04. The van der Waals surface area contributed by atoms with E-state index in [0.717, 1.165) is 32.4 Å². The number of ether oxygens (including phenoxy) is 1. The second kappa shape index (κ2) is 5.53. The van der Waals surface area contributed by atoms with Crippen LogP contribution in [0.1, 0.15) is 47.0 Å². The van der Waals surface area contributed by atoms with Gasteiger partial charge in [-0.3, -0.25) is 9.80 Å². The zero-order valence-corrected chi connectivity index (χ0v) is 13.2. The minimum Gasteiger partial charge on any atom is -0.465 e. The topological polar surface area (TPSA) is 53.0 Å². The minimum atomic E-state index is -0.879. The van der Waals surface area contributed by atoms with Crippen molar-refractivity contribution in [1.29, 1.82) is 0 Å². The third-order valence-corrected chi connectivity index (χ3v) is 4.78. The van der Waals surface area contributed by atoms with Crippen molar-refractivity contribution >= 4 is 6.09 Å². The molecule has 2 rings (SSSR count). The lowest BCUT2D eigenvalue weighted by molar-refractivity contribution is -0.174. The summed E-state index contributed by atoms with van der Waals surface area (Å²) in [5.74, 6) is 0.638. The molecule has 20 heavy (non-hydrogen) atoms. The molecule has 116 valence electrons. The molecule has 2 saturated heterocycles. The fraction of sp³-hybridized carbons (Fsp3) is 0.933. The zero-order chi connectivity index (χ0) is 15.0. The molecule has 5 nitrogen and oxygen atoms in total. The highest BCUT2D eigenvalue weighted by Crippen LogP contribution is 2.38. The largest absolute Gasteiger partial charge is 0.465 e. The molecule has 2 fully saturated rings. The van der Waals surface area contributed by atoms with Gasteiger partial charge in [-0.15, -0.1) is 0 Å². The predicted molar refractivity (Wildman–Crippen MR) is 77.8 cm³/mol. The Morgan fingerprint density at radius 2 is 2.15 bits per heavy atom. The number of amides is 1. The molecular formula is C15H28N2O3. The number of carboxylic acid groups (broad SMARTS) is 1. The molecule has 2 unspecified atom stereocenters. The van der Waals surface area contributed by atoms with Crippen molar-refractivity contribution in [2.75, 3.05) is 26.4 Å². The Kier molecular flexibility index (Phi) is 4.30. The van der Waals surface area contributed by atoms with E-state index in [1.807, 2.05) is 0 Å². The molecular weight excluding hydrogens is 256 g/mol. The number of hydrogen-bond donors (Lipinski definition) is 1. The average molecular weight is 284 g/mol. The molecule has 0 aromatic carbocycles. The van der Waals surface area contributed by atoms with Crippen molar-refractivity contribution in [1.82, 2.24) is 9.80 Å². The van der Waals surface area contributed by atoms with Crippen molar-refractivity contribution in [2.45, 2.75) is 58.1 Å². The summed E-state index contributed by atoms with van der Waals surface area (Å²) in [6.07, 6.45) is 2.14. The van der Waals surface area contributed by atoms with Crippen LogP contribution in [0.25, 0.3) is 0 Å². The van der Waals surface area contributed by atoms with Crippen LogP contribution in [-0.4, -0.2) is 58.5 Å². The monoisotopic (exact) mass is 284 g/mol. The van der Waals surface area contributed by atoms with E-state index in [9.17, 15) is 4.79 Å². The molecule has 2 heterocycles. The lowest BCUT2D eigenvalue weighted by Crippen LogP contribution is -2.61. The summed E-state index contributed by atoms with van der Waals surface area (Å²) in [7, 11) is 0. The SMILES string of the molecule is CCC1CN(C(C)(C)C)CC2(CCN(C(=O)O)CO2)C1. The summed E-state index contributed by atoms with van der Waals surface area (Å²) >= 11 is 0. The molecule has 1 spiro atoms. The van der Waals surface area contributed by atoms with Crippen LogP contribution in [0, 0.1) is 5.92 Å². The molecule has 2 atom stereocenters. The summed E-state index contributed by atoms with van der Waals surface area (Å²) in [6.45, 7) is 11.8. The first-order chi connectivity index (χ1) is 9.26. The first-order valence-corrected chi connectivity index (χ1v) is 7.63. The molecule has 0 bridgehead atoms. The summed E-state index contributed by atoms with van der Waals surface area (Å²) in [5, 5.41) is 9.04. The van der Waals surface area contributed by atoms with Crippen molar-refractivity contribution in [3.8, 4) is 0 Å². The van der Waals surface area contributed by atoms with Crippen LogP contribution in [0.5, 0.6) is 0 Å². The second-order valence-corrected chi connectivity index (χ2v) is 7.28. The Bertz CT molecular complexity index is 357. The van der Waals surface area contributed by atoms with Gasteiger partial charge in [-0.05, 0) is 39.5 Å². The molecule has 0 aromatic heterocycles. The predicted octanol–water partition coefficient (Wildman–Crippen LogP) is 2.61. The van der Waals surface area contributed by atoms with Gasteiger partial charge < -0.3 is 9.84 Å². The van der Waals surface area contributed by atoms with Crippen LogP contribution >= 0.6 is 0 Å². The normalized spacial score (nSPS) is 32.6. The van der Waals surface area contributed by atoms with Crippen LogP contribution in [0.4, 0.5) is 4.79 Å². The highest BCUT2D eigenvalue weighted by molar-refractivity contribution is 5.64. The smallest absolute Gasteiger partial charge is 0.409 e. The number of rotatable bonds is 1. The minimum absolute atomic E-state index is 0.133. The van der Waals surface area contributed by atoms with E-state index in [1.54, 1.807) is 0 Å². The van der Waals surface area contributed by atoms with Gasteiger partial charge >= 0.3 is 6.09 Å². The molecule has 0 aliphatic carbocycles. The Hall–Kier alpha value is -0.810. The maximum atomic E-state index is 11.0. The van der Waals surface area contributed by atoms with Crippen LogP contribution in [-0.2, 0) is 4.74 Å². The third kappa shape index (κ3) is 3.26. The standard InChI is InChI=1S/C15H28N2O3/c1-5-12-8-15(10-17(9-12)14(2,3)4)6-7-16(11-20-15)13(18)19/h12H,5-11H2,1-4H3,(H,18,19). The lowest BCUT2D eigenvalue weighted by atomic mass is 9.79. The van der Waals surface area contributed by atoms with Crippen molar-refractivity contribution < 1.29 is 14.6 Å². The van der Waals surface area contributed by atoms with E-state index in [-0.39, 0.29) is 17.9 Å². The third-order valence-electron chi connectivity index (χ3n) is 4.78. The molecule has 0 saturated carbocycles. The van der Waals surface area contributed by atoms with Gasteiger partial charge in [0, 0.05) is 25.2 Å². The summed E-state index contributed by atoms with van der Waals surface area (Å²) in [5.41, 5.74) is -0.0215. The van der Waals surface area contributed by atoms with Gasteiger partial charge in [0.05, 0.1) is 5.60 Å². The summed E-state index contributed by atoms with van der Waals surface area (Å²) in [4.78, 5) is 14.9. The molecule has 0 radical (unpaired) electrons. The van der Waals surface area contributed by atoms with Gasteiger partial charge in [-0.25, -0.2) is 4.79 Å². The van der Waals surface area contributed by atoms with E-state index in [1.165, 1.54) is 4.90 Å². The van der Waals surface area contributed by atoms with Gasteiger partial charge in [0.2, 0.25) is 0 Å². The molecule has 0 aromatic rings. The van der Waals surface area contributed by atoms with Crippen LogP contribution < -0.4 is 0 Å². The first-order valence-electron chi connectivity index (χ1n) is 7.63. The van der Waals surface area contributed by atoms with Gasteiger partial charge in [-0.1, -0.05) is 13.3 Å². The quantitative estimate of drug-likeness (QED) is 0.804. The van der Waals surface area contributed by atoms with Crippen molar-refractivity contribution in [3.05, 3.63) is 0 Å². The number of likely N-dealkylation sites (tertiary alicyclic amines) is 1. The first kappa shape index (κ1) is 15.6. The van der Waals surface area contributed by atoms with Gasteiger partial charge in [0.15, 0.2) is 0 Å². The number of carbonyl (C=O) groups is 1. The number of hydrogen-bond acceptors (Lipinski definition) is 3. The molecule has 2 aliphatic heterocycles. The second-order valence-electron chi connectivity index (χ2n) is 7.28. The van der Waals surface area contributed by atoms with Crippen molar-refractivity contribution in [3.63, 3.8) is 0 Å². The Morgan fingerprint density at radius 1 is 1.45 bits per heavy atom. The van der Waals surface area contributed by atoms with Crippen LogP contribution in [0.2, 0.25) is 0 Å². The fourth-order valence-corrected chi connectivity index (χ4v) is 3.29. The average Bonchev–Trinajstić information content (AvgIpc) is 2.37. The van der Waals surface area contributed by atoms with E-state index >= 15 is 0 Å². The van der Waals surface area contributed by atoms with Crippen LogP contribution in [0.3, 0.4) is 0 Å². The molecule has 2 aliphatic rings. The van der Waals surface area contributed by atoms with Gasteiger partial charge in [0.25, 0.3) is 0 Å². The van der Waals surface area contributed by atoms with Gasteiger partial charge in [-0.2, -0.15) is 0 Å². The summed E-state index contributed by atoms with van der Waals surface area (Å²) in [6, 6.07) is 0. The maximum absolute atomic E-state index is 11.0. The Balaban J connectivity index is 2.09. The Labute approximate surface area is 121 Å². The lowest BCUT2D eigenvalue weighted by Gasteiger charge is -2.52.